The molecule has 0 spiro atoms. The average molecular weight is 252 g/mol. The summed E-state index contributed by atoms with van der Waals surface area (Å²) in [5, 5.41) is 15.4. The predicted molar refractivity (Wildman–Crippen MR) is 68.2 cm³/mol. The number of hydrogen-bond donors (Lipinski definition) is 2. The highest BCUT2D eigenvalue weighted by atomic mass is 16.1. The number of aromatic amines is 1. The zero-order valence-electron chi connectivity index (χ0n) is 9.66. The first-order valence-electron chi connectivity index (χ1n) is 5.44. The van der Waals surface area contributed by atoms with Crippen LogP contribution in [0.4, 0.5) is 5.95 Å². The molecule has 0 atom stereocenters. The predicted octanol–water partition coefficient (Wildman–Crippen LogP) is 0.538. The molecule has 0 saturated heterocycles. The minimum absolute atomic E-state index is 0.0244. The summed E-state index contributed by atoms with van der Waals surface area (Å²) in [6, 6.07) is 10.9. The first kappa shape index (κ1) is 11.0. The molecule has 2 aromatic heterocycles. The SMILES string of the molecule is N#Cc1c(-c2ccccc2)nc2[nH]nc(N)n2c1=O. The number of nitrogens with one attached hydrogen (secondary N) is 1. The van der Waals surface area contributed by atoms with E-state index in [0.717, 1.165) is 4.40 Å². The van der Waals surface area contributed by atoms with E-state index in [1.165, 1.54) is 0 Å². The van der Waals surface area contributed by atoms with Gasteiger partial charge in [0.15, 0.2) is 0 Å². The fourth-order valence-electron chi connectivity index (χ4n) is 1.87. The largest absolute Gasteiger partial charge is 0.368 e. The van der Waals surface area contributed by atoms with E-state index in [9.17, 15) is 10.1 Å². The van der Waals surface area contributed by atoms with Crippen LogP contribution in [0.3, 0.4) is 0 Å². The van der Waals surface area contributed by atoms with Gasteiger partial charge in [0.25, 0.3) is 5.56 Å². The Bertz CT molecular complexity index is 856. The van der Waals surface area contributed by atoms with E-state index < -0.39 is 5.56 Å². The van der Waals surface area contributed by atoms with Gasteiger partial charge in [-0.05, 0) is 0 Å². The van der Waals surface area contributed by atoms with E-state index in [1.807, 2.05) is 12.1 Å². The van der Waals surface area contributed by atoms with Gasteiger partial charge in [0.05, 0.1) is 5.69 Å². The van der Waals surface area contributed by atoms with Crippen LogP contribution in [-0.2, 0) is 0 Å². The van der Waals surface area contributed by atoms with Crippen molar-refractivity contribution in [2.24, 2.45) is 0 Å². The molecule has 7 nitrogen and oxygen atoms in total. The molecule has 3 N–H and O–H groups in total. The molecule has 0 aliphatic heterocycles. The second kappa shape index (κ2) is 3.96. The molecule has 3 rings (SSSR count). The Labute approximate surface area is 106 Å². The molecule has 0 amide bonds. The Kier molecular flexibility index (Phi) is 2.29. The maximum Gasteiger partial charge on any atom is 0.280 e. The average Bonchev–Trinajstić information content (AvgIpc) is 2.81. The van der Waals surface area contributed by atoms with Crippen LogP contribution in [0.1, 0.15) is 5.56 Å². The summed E-state index contributed by atoms with van der Waals surface area (Å²) in [4.78, 5) is 16.4. The number of nitrogens with two attached hydrogens (primary N) is 1. The second-order valence-corrected chi connectivity index (χ2v) is 3.86. The lowest BCUT2D eigenvalue weighted by Crippen LogP contribution is -2.20. The van der Waals surface area contributed by atoms with Crippen LogP contribution < -0.4 is 11.3 Å². The number of rotatable bonds is 1. The number of hydrogen-bond acceptors (Lipinski definition) is 5. The Balaban J connectivity index is 2.44. The minimum atomic E-state index is -0.530. The van der Waals surface area contributed by atoms with Crippen LogP contribution in [0.25, 0.3) is 17.0 Å². The molecule has 2 heterocycles. The molecular weight excluding hydrogens is 244 g/mol. The van der Waals surface area contributed by atoms with Crippen molar-refractivity contribution in [1.29, 1.82) is 5.26 Å². The number of benzene rings is 1. The number of nitrogen functional groups attached to an aromatic ring is 1. The van der Waals surface area contributed by atoms with Gasteiger partial charge in [-0.2, -0.15) is 5.26 Å². The zero-order chi connectivity index (χ0) is 13.4. The molecule has 1 aromatic carbocycles. The summed E-state index contributed by atoms with van der Waals surface area (Å²) in [7, 11) is 0. The Hall–Kier alpha value is -3.14. The third-order valence-corrected chi connectivity index (χ3v) is 2.74. The highest BCUT2D eigenvalue weighted by Gasteiger charge is 2.16. The van der Waals surface area contributed by atoms with Crippen LogP contribution in [-0.4, -0.2) is 19.6 Å². The highest BCUT2D eigenvalue weighted by Crippen LogP contribution is 2.19. The number of fused-ring (bicyclic) bond motifs is 1. The van der Waals surface area contributed by atoms with Crippen LogP contribution in [0.5, 0.6) is 0 Å². The van der Waals surface area contributed by atoms with Gasteiger partial charge < -0.3 is 5.73 Å². The zero-order valence-corrected chi connectivity index (χ0v) is 9.66. The lowest BCUT2D eigenvalue weighted by atomic mass is 10.1. The van der Waals surface area contributed by atoms with Gasteiger partial charge in [-0.3, -0.25) is 4.79 Å². The second-order valence-electron chi connectivity index (χ2n) is 3.86. The van der Waals surface area contributed by atoms with Gasteiger partial charge in [0, 0.05) is 5.56 Å². The van der Waals surface area contributed by atoms with Crippen molar-refractivity contribution in [2.75, 3.05) is 5.73 Å². The van der Waals surface area contributed by atoms with E-state index in [0.29, 0.717) is 11.3 Å². The summed E-state index contributed by atoms with van der Waals surface area (Å²) < 4.78 is 1.07. The van der Waals surface area contributed by atoms with Crippen LogP contribution in [0.15, 0.2) is 35.1 Å². The van der Waals surface area contributed by atoms with Crippen molar-refractivity contribution < 1.29 is 0 Å². The number of H-pyrrole nitrogens is 1. The fraction of sp³-hybridized carbons (Fsp3) is 0. The van der Waals surface area contributed by atoms with E-state index in [1.54, 1.807) is 24.3 Å². The minimum Gasteiger partial charge on any atom is -0.368 e. The van der Waals surface area contributed by atoms with E-state index >= 15 is 0 Å². The Morgan fingerprint density at radius 2 is 2.05 bits per heavy atom. The Morgan fingerprint density at radius 1 is 1.32 bits per heavy atom. The number of nitrogens with zero attached hydrogens (tertiary/aromatic N) is 4. The molecular formula is C12H8N6O. The summed E-state index contributed by atoms with van der Waals surface area (Å²) in [6.07, 6.45) is 0. The number of aromatic nitrogens is 4. The molecule has 3 aromatic rings. The lowest BCUT2D eigenvalue weighted by molar-refractivity contribution is 1.05. The van der Waals surface area contributed by atoms with Gasteiger partial charge in [0.1, 0.15) is 11.6 Å². The van der Waals surface area contributed by atoms with Gasteiger partial charge in [-0.25, -0.2) is 14.5 Å². The van der Waals surface area contributed by atoms with Gasteiger partial charge >= 0.3 is 0 Å². The first-order valence-corrected chi connectivity index (χ1v) is 5.44. The topological polar surface area (TPSA) is 113 Å². The monoisotopic (exact) mass is 252 g/mol. The summed E-state index contributed by atoms with van der Waals surface area (Å²) in [5.74, 6) is 0.184. The van der Waals surface area contributed by atoms with Gasteiger partial charge in [-0.1, -0.05) is 30.3 Å². The first-order chi connectivity index (χ1) is 9.22. The number of anilines is 1. The van der Waals surface area contributed by atoms with Gasteiger partial charge in [0.2, 0.25) is 11.7 Å². The van der Waals surface area contributed by atoms with Crippen LogP contribution in [0, 0.1) is 11.3 Å². The highest BCUT2D eigenvalue weighted by molar-refractivity contribution is 5.67. The smallest absolute Gasteiger partial charge is 0.280 e. The third kappa shape index (κ3) is 1.55. The van der Waals surface area contributed by atoms with E-state index in [2.05, 4.69) is 15.2 Å². The van der Waals surface area contributed by atoms with Gasteiger partial charge in [-0.15, -0.1) is 5.10 Å². The van der Waals surface area contributed by atoms with Crippen molar-refractivity contribution in [3.8, 4) is 17.3 Å². The molecule has 0 radical (unpaired) electrons. The lowest BCUT2D eigenvalue weighted by Gasteiger charge is -2.03. The quantitative estimate of drug-likeness (QED) is 0.656. The summed E-state index contributed by atoms with van der Waals surface area (Å²) >= 11 is 0. The maximum atomic E-state index is 12.2. The molecule has 0 saturated carbocycles. The van der Waals surface area contributed by atoms with Crippen molar-refractivity contribution in [3.63, 3.8) is 0 Å². The third-order valence-electron chi connectivity index (χ3n) is 2.74. The molecule has 7 heteroatoms. The van der Waals surface area contributed by atoms with E-state index in [4.69, 9.17) is 5.73 Å². The molecule has 0 aliphatic rings. The standard InChI is InChI=1S/C12H8N6O/c13-6-8-9(7-4-2-1-3-5-7)15-12-17-16-11(14)18(12)10(8)19/h1-5H,(H2,14,16)(H,15,17). The van der Waals surface area contributed by atoms with Crippen molar-refractivity contribution in [2.45, 2.75) is 0 Å². The Morgan fingerprint density at radius 3 is 2.74 bits per heavy atom. The molecule has 0 bridgehead atoms. The van der Waals surface area contributed by atoms with Crippen LogP contribution >= 0.6 is 0 Å². The molecule has 0 aliphatic carbocycles. The normalized spacial score (nSPS) is 10.5. The molecule has 19 heavy (non-hydrogen) atoms. The molecule has 0 fully saturated rings. The molecule has 0 unspecified atom stereocenters. The summed E-state index contributed by atoms with van der Waals surface area (Å²) in [6.45, 7) is 0. The number of nitriles is 1. The van der Waals surface area contributed by atoms with Crippen LogP contribution in [0.2, 0.25) is 0 Å². The van der Waals surface area contributed by atoms with Crippen molar-refractivity contribution >= 4 is 11.7 Å². The molecule has 92 valence electrons. The van der Waals surface area contributed by atoms with E-state index in [-0.39, 0.29) is 17.3 Å². The van der Waals surface area contributed by atoms with Crippen molar-refractivity contribution in [3.05, 3.63) is 46.2 Å². The van der Waals surface area contributed by atoms with Crippen molar-refractivity contribution in [1.82, 2.24) is 19.6 Å². The summed E-state index contributed by atoms with van der Waals surface area (Å²) in [5.41, 5.74) is 5.98. The fourth-order valence-corrected chi connectivity index (χ4v) is 1.87. The maximum absolute atomic E-state index is 12.2.